The third-order valence-corrected chi connectivity index (χ3v) is 5.07. The van der Waals surface area contributed by atoms with Crippen LogP contribution in [0.15, 0.2) is 33.9 Å². The van der Waals surface area contributed by atoms with Crippen molar-refractivity contribution >= 4 is 17.2 Å². The molecule has 0 unspecified atom stereocenters. The summed E-state index contributed by atoms with van der Waals surface area (Å²) < 4.78 is 5.12. The Balaban J connectivity index is 1.36. The molecule has 1 amide bonds. The van der Waals surface area contributed by atoms with E-state index < -0.39 is 0 Å². The minimum Gasteiger partial charge on any atom is -0.472 e. The first kappa shape index (κ1) is 13.0. The zero-order valence-corrected chi connectivity index (χ0v) is 12.5. The predicted molar refractivity (Wildman–Crippen MR) is 79.0 cm³/mol. The average Bonchev–Trinajstić information content (AvgIpc) is 3.23. The Kier molecular flexibility index (Phi) is 3.27. The van der Waals surface area contributed by atoms with Crippen LogP contribution in [0, 0.1) is 11.8 Å². The number of fused-ring (bicyclic) bond motifs is 1. The van der Waals surface area contributed by atoms with Crippen LogP contribution < -0.4 is 0 Å². The van der Waals surface area contributed by atoms with Gasteiger partial charge in [-0.1, -0.05) is 0 Å². The molecule has 0 aromatic carbocycles. The Morgan fingerprint density at radius 1 is 1.33 bits per heavy atom. The van der Waals surface area contributed by atoms with Crippen molar-refractivity contribution in [3.05, 3.63) is 40.7 Å². The molecule has 0 aliphatic carbocycles. The Bertz CT molecular complexity index is 597. The molecule has 2 aromatic rings. The number of carbonyl (C=O) groups excluding carboxylic acids is 1. The van der Waals surface area contributed by atoms with E-state index in [0.717, 1.165) is 32.7 Å². The fourth-order valence-corrected chi connectivity index (χ4v) is 4.03. The summed E-state index contributed by atoms with van der Waals surface area (Å²) in [4.78, 5) is 20.9. The molecule has 2 aromatic heterocycles. The largest absolute Gasteiger partial charge is 0.472 e. The number of likely N-dealkylation sites (tertiary alicyclic amines) is 2. The van der Waals surface area contributed by atoms with Crippen LogP contribution in [0.5, 0.6) is 0 Å². The van der Waals surface area contributed by atoms with E-state index in [-0.39, 0.29) is 5.91 Å². The first-order valence-electron chi connectivity index (χ1n) is 7.20. The summed E-state index contributed by atoms with van der Waals surface area (Å²) in [5, 5.41) is 1.83. The van der Waals surface area contributed by atoms with E-state index in [9.17, 15) is 4.79 Å². The zero-order chi connectivity index (χ0) is 14.2. The van der Waals surface area contributed by atoms with Crippen LogP contribution >= 0.6 is 11.3 Å². The van der Waals surface area contributed by atoms with Crippen molar-refractivity contribution in [3.8, 4) is 0 Å². The van der Waals surface area contributed by atoms with Gasteiger partial charge in [-0.15, -0.1) is 11.3 Å². The molecule has 2 aliphatic rings. The van der Waals surface area contributed by atoms with Crippen molar-refractivity contribution in [1.82, 2.24) is 14.8 Å². The number of thiazole rings is 1. The van der Waals surface area contributed by atoms with Crippen LogP contribution in [-0.2, 0) is 6.54 Å². The lowest BCUT2D eigenvalue weighted by atomic mass is 10.0. The topological polar surface area (TPSA) is 49.6 Å². The van der Waals surface area contributed by atoms with Crippen molar-refractivity contribution in [2.45, 2.75) is 6.54 Å². The van der Waals surface area contributed by atoms with Gasteiger partial charge in [0.1, 0.15) is 5.69 Å². The normalized spacial score (nSPS) is 25.4. The van der Waals surface area contributed by atoms with Crippen LogP contribution in [0.2, 0.25) is 0 Å². The molecule has 4 rings (SSSR count). The molecule has 4 heterocycles. The van der Waals surface area contributed by atoms with Crippen molar-refractivity contribution in [2.75, 3.05) is 26.2 Å². The Morgan fingerprint density at radius 3 is 2.76 bits per heavy atom. The number of furan rings is 1. The quantitative estimate of drug-likeness (QED) is 0.869. The smallest absolute Gasteiger partial charge is 0.273 e. The highest BCUT2D eigenvalue weighted by Crippen LogP contribution is 2.32. The van der Waals surface area contributed by atoms with Gasteiger partial charge in [-0.25, -0.2) is 4.98 Å². The molecule has 0 spiro atoms. The highest BCUT2D eigenvalue weighted by Gasteiger charge is 2.41. The van der Waals surface area contributed by atoms with E-state index in [2.05, 4.69) is 9.88 Å². The van der Waals surface area contributed by atoms with Gasteiger partial charge in [-0.2, -0.15) is 0 Å². The zero-order valence-electron chi connectivity index (χ0n) is 11.6. The summed E-state index contributed by atoms with van der Waals surface area (Å²) in [5.41, 5.74) is 3.54. The second-order valence-corrected chi connectivity index (χ2v) is 6.65. The molecule has 0 bridgehead atoms. The Hall–Kier alpha value is -1.66. The number of carbonyl (C=O) groups is 1. The highest BCUT2D eigenvalue weighted by molar-refractivity contribution is 7.07. The molecule has 0 radical (unpaired) electrons. The summed E-state index contributed by atoms with van der Waals surface area (Å²) in [7, 11) is 0. The van der Waals surface area contributed by atoms with Crippen molar-refractivity contribution in [1.29, 1.82) is 0 Å². The molecule has 2 atom stereocenters. The van der Waals surface area contributed by atoms with Crippen molar-refractivity contribution in [3.63, 3.8) is 0 Å². The van der Waals surface area contributed by atoms with Gasteiger partial charge in [-0.05, 0) is 17.9 Å². The number of rotatable bonds is 3. The summed E-state index contributed by atoms with van der Waals surface area (Å²) >= 11 is 1.47. The van der Waals surface area contributed by atoms with Gasteiger partial charge in [-0.3, -0.25) is 9.69 Å². The molecule has 2 saturated heterocycles. The number of hydrogen-bond donors (Lipinski definition) is 0. The second kappa shape index (κ2) is 5.27. The number of hydrogen-bond acceptors (Lipinski definition) is 5. The molecule has 2 fully saturated rings. The summed E-state index contributed by atoms with van der Waals surface area (Å²) in [6, 6.07) is 2.02. The minimum atomic E-state index is 0.0898. The van der Waals surface area contributed by atoms with Crippen LogP contribution in [0.25, 0.3) is 0 Å². The second-order valence-electron chi connectivity index (χ2n) is 5.93. The van der Waals surface area contributed by atoms with Gasteiger partial charge in [0.25, 0.3) is 5.91 Å². The number of aromatic nitrogens is 1. The Labute approximate surface area is 127 Å². The third-order valence-electron chi connectivity index (χ3n) is 4.49. The van der Waals surface area contributed by atoms with E-state index in [1.807, 2.05) is 22.6 Å². The number of amides is 1. The molecule has 0 N–H and O–H groups in total. The maximum Gasteiger partial charge on any atom is 0.273 e. The van der Waals surface area contributed by atoms with E-state index in [1.54, 1.807) is 11.8 Å². The van der Waals surface area contributed by atoms with Gasteiger partial charge in [0, 0.05) is 43.7 Å². The van der Waals surface area contributed by atoms with E-state index in [1.165, 1.54) is 16.9 Å². The van der Waals surface area contributed by atoms with Gasteiger partial charge in [0.15, 0.2) is 0 Å². The van der Waals surface area contributed by atoms with Crippen molar-refractivity contribution in [2.24, 2.45) is 11.8 Å². The SMILES string of the molecule is O=C(c1cscn1)N1C[C@H]2CN(Cc3ccoc3)C[C@H]2C1. The molecular formula is C15H17N3O2S. The molecule has 2 aliphatic heterocycles. The summed E-state index contributed by atoms with van der Waals surface area (Å²) in [6.45, 7) is 4.81. The maximum absolute atomic E-state index is 12.3. The maximum atomic E-state index is 12.3. The molecule has 21 heavy (non-hydrogen) atoms. The van der Waals surface area contributed by atoms with E-state index in [0.29, 0.717) is 17.5 Å². The van der Waals surface area contributed by atoms with E-state index in [4.69, 9.17) is 4.42 Å². The fourth-order valence-electron chi connectivity index (χ4n) is 3.51. The van der Waals surface area contributed by atoms with Crippen LogP contribution in [0.4, 0.5) is 0 Å². The average molecular weight is 303 g/mol. The molecule has 6 heteroatoms. The first-order chi connectivity index (χ1) is 10.3. The van der Waals surface area contributed by atoms with Crippen LogP contribution in [0.3, 0.4) is 0 Å². The monoisotopic (exact) mass is 303 g/mol. The summed E-state index contributed by atoms with van der Waals surface area (Å²) in [6.07, 6.45) is 3.53. The molecule has 5 nitrogen and oxygen atoms in total. The third kappa shape index (κ3) is 2.49. The summed E-state index contributed by atoms with van der Waals surface area (Å²) in [5.74, 6) is 1.28. The van der Waals surface area contributed by atoms with Gasteiger partial charge in [0.05, 0.1) is 18.0 Å². The number of nitrogens with zero attached hydrogens (tertiary/aromatic N) is 3. The highest BCUT2D eigenvalue weighted by atomic mass is 32.1. The lowest BCUT2D eigenvalue weighted by Crippen LogP contribution is -2.33. The standard InChI is InChI=1S/C15H17N3O2S/c19-15(14-9-21-10-16-14)18-6-12-4-17(5-13(12)7-18)3-11-1-2-20-8-11/h1-2,8-10,12-13H,3-7H2/t12-,13+. The fraction of sp³-hybridized carbons (Fsp3) is 0.467. The lowest BCUT2D eigenvalue weighted by molar-refractivity contribution is 0.0768. The van der Waals surface area contributed by atoms with Gasteiger partial charge >= 0.3 is 0 Å². The lowest BCUT2D eigenvalue weighted by Gasteiger charge is -2.20. The Morgan fingerprint density at radius 2 is 2.14 bits per heavy atom. The molecule has 110 valence electrons. The minimum absolute atomic E-state index is 0.0898. The van der Waals surface area contributed by atoms with E-state index >= 15 is 0 Å². The van der Waals surface area contributed by atoms with Gasteiger partial charge in [0.2, 0.25) is 0 Å². The molecule has 0 saturated carbocycles. The predicted octanol–water partition coefficient (Wildman–Crippen LogP) is 1.94. The van der Waals surface area contributed by atoms with Crippen LogP contribution in [0.1, 0.15) is 16.1 Å². The first-order valence-corrected chi connectivity index (χ1v) is 8.15. The van der Waals surface area contributed by atoms with Crippen molar-refractivity contribution < 1.29 is 9.21 Å². The molecular weight excluding hydrogens is 286 g/mol. The van der Waals surface area contributed by atoms with Crippen LogP contribution in [-0.4, -0.2) is 46.9 Å². The van der Waals surface area contributed by atoms with Gasteiger partial charge < -0.3 is 9.32 Å².